The van der Waals surface area contributed by atoms with Crippen LogP contribution < -0.4 is 4.74 Å². The van der Waals surface area contributed by atoms with Crippen LogP contribution in [0.25, 0.3) is 0 Å². The van der Waals surface area contributed by atoms with Crippen molar-refractivity contribution in [1.29, 1.82) is 0 Å². The van der Waals surface area contributed by atoms with Gasteiger partial charge in [-0.3, -0.25) is 4.79 Å². The van der Waals surface area contributed by atoms with E-state index in [1.807, 2.05) is 26.0 Å². The SMILES string of the molecule is Cc1ccc(OCCC(=O)N2CCOC(CO)C2)c(C)c1. The largest absolute Gasteiger partial charge is 0.493 e. The van der Waals surface area contributed by atoms with Gasteiger partial charge in [-0.2, -0.15) is 0 Å². The van der Waals surface area contributed by atoms with E-state index in [-0.39, 0.29) is 18.6 Å². The number of amides is 1. The smallest absolute Gasteiger partial charge is 0.226 e. The van der Waals surface area contributed by atoms with Crippen molar-refractivity contribution in [3.63, 3.8) is 0 Å². The summed E-state index contributed by atoms with van der Waals surface area (Å²) in [6, 6.07) is 5.99. The molecule has 116 valence electrons. The zero-order valence-electron chi connectivity index (χ0n) is 12.7. The van der Waals surface area contributed by atoms with E-state index in [1.165, 1.54) is 5.56 Å². The molecule has 2 rings (SSSR count). The fourth-order valence-electron chi connectivity index (χ4n) is 2.42. The van der Waals surface area contributed by atoms with E-state index in [2.05, 4.69) is 6.07 Å². The van der Waals surface area contributed by atoms with Crippen molar-refractivity contribution >= 4 is 5.91 Å². The normalized spacial score (nSPS) is 18.6. The second-order valence-electron chi connectivity index (χ2n) is 5.38. The van der Waals surface area contributed by atoms with Gasteiger partial charge in [-0.15, -0.1) is 0 Å². The zero-order valence-corrected chi connectivity index (χ0v) is 12.7. The molecule has 0 aromatic heterocycles. The number of aryl methyl sites for hydroxylation is 2. The Bertz CT molecular complexity index is 489. The van der Waals surface area contributed by atoms with Crippen molar-refractivity contribution in [3.05, 3.63) is 29.3 Å². The van der Waals surface area contributed by atoms with Crippen molar-refractivity contribution in [3.8, 4) is 5.75 Å². The Hall–Kier alpha value is -1.59. The van der Waals surface area contributed by atoms with Crippen molar-refractivity contribution in [1.82, 2.24) is 4.90 Å². The average Bonchev–Trinajstić information content (AvgIpc) is 2.49. The lowest BCUT2D eigenvalue weighted by Crippen LogP contribution is -2.47. The van der Waals surface area contributed by atoms with Gasteiger partial charge in [0, 0.05) is 13.1 Å². The minimum Gasteiger partial charge on any atom is -0.493 e. The van der Waals surface area contributed by atoms with Gasteiger partial charge in [0.1, 0.15) is 5.75 Å². The zero-order chi connectivity index (χ0) is 15.2. The number of hydrogen-bond acceptors (Lipinski definition) is 4. The summed E-state index contributed by atoms with van der Waals surface area (Å²) < 4.78 is 11.0. The summed E-state index contributed by atoms with van der Waals surface area (Å²) in [5.41, 5.74) is 2.27. The highest BCUT2D eigenvalue weighted by Crippen LogP contribution is 2.19. The number of aliphatic hydroxyl groups is 1. The molecule has 5 nitrogen and oxygen atoms in total. The number of nitrogens with zero attached hydrogens (tertiary/aromatic N) is 1. The minimum atomic E-state index is -0.261. The number of rotatable bonds is 5. The second kappa shape index (κ2) is 7.43. The maximum Gasteiger partial charge on any atom is 0.226 e. The van der Waals surface area contributed by atoms with Crippen LogP contribution in [0.3, 0.4) is 0 Å². The van der Waals surface area contributed by atoms with Crippen LogP contribution in [0.15, 0.2) is 18.2 Å². The molecule has 1 N–H and O–H groups in total. The number of benzene rings is 1. The van der Waals surface area contributed by atoms with Gasteiger partial charge in [-0.1, -0.05) is 17.7 Å². The molecule has 1 heterocycles. The van der Waals surface area contributed by atoms with Crippen LogP contribution in [-0.2, 0) is 9.53 Å². The molecule has 21 heavy (non-hydrogen) atoms. The topological polar surface area (TPSA) is 59.0 Å². The van der Waals surface area contributed by atoms with E-state index in [4.69, 9.17) is 14.6 Å². The summed E-state index contributed by atoms with van der Waals surface area (Å²) in [6.07, 6.45) is 0.0776. The highest BCUT2D eigenvalue weighted by atomic mass is 16.5. The van der Waals surface area contributed by atoms with Gasteiger partial charge in [0.25, 0.3) is 0 Å². The summed E-state index contributed by atoms with van der Waals surface area (Å²) >= 11 is 0. The van der Waals surface area contributed by atoms with Gasteiger partial charge < -0.3 is 19.5 Å². The highest BCUT2D eigenvalue weighted by Gasteiger charge is 2.23. The van der Waals surface area contributed by atoms with Crippen LogP contribution in [0, 0.1) is 13.8 Å². The summed E-state index contributed by atoms with van der Waals surface area (Å²) in [5, 5.41) is 9.08. The van der Waals surface area contributed by atoms with Crippen LogP contribution >= 0.6 is 0 Å². The van der Waals surface area contributed by atoms with Crippen LogP contribution in [0.4, 0.5) is 0 Å². The number of hydrogen-bond donors (Lipinski definition) is 1. The quantitative estimate of drug-likeness (QED) is 0.889. The fourth-order valence-corrected chi connectivity index (χ4v) is 2.42. The second-order valence-corrected chi connectivity index (χ2v) is 5.38. The molecule has 0 bridgehead atoms. The molecule has 1 amide bonds. The first-order valence-electron chi connectivity index (χ1n) is 7.30. The third-order valence-corrected chi connectivity index (χ3v) is 3.60. The van der Waals surface area contributed by atoms with Crippen molar-refractivity contribution < 1.29 is 19.4 Å². The van der Waals surface area contributed by atoms with Gasteiger partial charge in [-0.05, 0) is 25.5 Å². The predicted octanol–water partition coefficient (Wildman–Crippen LogP) is 1.29. The molecule has 1 aromatic rings. The third-order valence-electron chi connectivity index (χ3n) is 3.60. The molecule has 1 saturated heterocycles. The third kappa shape index (κ3) is 4.44. The number of ether oxygens (including phenoxy) is 2. The van der Waals surface area contributed by atoms with Crippen LogP contribution in [0.5, 0.6) is 5.75 Å². The van der Waals surface area contributed by atoms with Crippen LogP contribution in [0.2, 0.25) is 0 Å². The first-order valence-corrected chi connectivity index (χ1v) is 7.30. The standard InChI is InChI=1S/C16H23NO4/c1-12-3-4-15(13(2)9-12)21-7-5-16(19)17-6-8-20-14(10-17)11-18/h3-4,9,14,18H,5-8,10-11H2,1-2H3. The summed E-state index contributed by atoms with van der Waals surface area (Å²) in [6.45, 7) is 5.87. The molecular weight excluding hydrogens is 270 g/mol. The monoisotopic (exact) mass is 293 g/mol. The van der Waals surface area contributed by atoms with E-state index in [1.54, 1.807) is 4.90 Å². The fraction of sp³-hybridized carbons (Fsp3) is 0.562. The Kier molecular flexibility index (Phi) is 5.59. The molecule has 1 aliphatic rings. The number of carbonyl (C=O) groups is 1. The van der Waals surface area contributed by atoms with Crippen molar-refractivity contribution in [2.75, 3.05) is 32.9 Å². The maximum absolute atomic E-state index is 12.1. The Morgan fingerprint density at radius 1 is 1.48 bits per heavy atom. The summed E-state index contributed by atoms with van der Waals surface area (Å²) in [7, 11) is 0. The predicted molar refractivity (Wildman–Crippen MR) is 79.4 cm³/mol. The molecule has 1 unspecified atom stereocenters. The summed E-state index contributed by atoms with van der Waals surface area (Å²) in [4.78, 5) is 13.8. The lowest BCUT2D eigenvalue weighted by molar-refractivity contribution is -0.140. The molecule has 1 fully saturated rings. The van der Waals surface area contributed by atoms with Gasteiger partial charge in [0.05, 0.1) is 32.3 Å². The van der Waals surface area contributed by atoms with Gasteiger partial charge in [0.15, 0.2) is 0 Å². The van der Waals surface area contributed by atoms with Crippen molar-refractivity contribution in [2.45, 2.75) is 26.4 Å². The van der Waals surface area contributed by atoms with Gasteiger partial charge in [-0.25, -0.2) is 0 Å². The Labute approximate surface area is 125 Å². The highest BCUT2D eigenvalue weighted by molar-refractivity contribution is 5.76. The first-order chi connectivity index (χ1) is 10.1. The van der Waals surface area contributed by atoms with E-state index < -0.39 is 0 Å². The van der Waals surface area contributed by atoms with Crippen LogP contribution in [0.1, 0.15) is 17.5 Å². The lowest BCUT2D eigenvalue weighted by atomic mass is 10.1. The Morgan fingerprint density at radius 3 is 3.00 bits per heavy atom. The van der Waals surface area contributed by atoms with E-state index in [0.717, 1.165) is 11.3 Å². The van der Waals surface area contributed by atoms with Crippen molar-refractivity contribution in [2.24, 2.45) is 0 Å². The molecule has 1 atom stereocenters. The first kappa shape index (κ1) is 15.8. The molecule has 0 saturated carbocycles. The van der Waals surface area contributed by atoms with Crippen LogP contribution in [-0.4, -0.2) is 54.9 Å². The molecule has 0 aliphatic carbocycles. The molecule has 1 aromatic carbocycles. The minimum absolute atomic E-state index is 0.0431. The number of aliphatic hydroxyl groups excluding tert-OH is 1. The molecule has 1 aliphatic heterocycles. The van der Waals surface area contributed by atoms with Gasteiger partial charge >= 0.3 is 0 Å². The molecule has 5 heteroatoms. The number of carbonyl (C=O) groups excluding carboxylic acids is 1. The number of morpholine rings is 1. The maximum atomic E-state index is 12.1. The molecular formula is C16H23NO4. The lowest BCUT2D eigenvalue weighted by Gasteiger charge is -2.32. The Morgan fingerprint density at radius 2 is 2.29 bits per heavy atom. The Balaban J connectivity index is 1.78. The molecule has 0 radical (unpaired) electrons. The van der Waals surface area contributed by atoms with E-state index in [9.17, 15) is 4.79 Å². The van der Waals surface area contributed by atoms with E-state index >= 15 is 0 Å². The molecule has 0 spiro atoms. The van der Waals surface area contributed by atoms with Gasteiger partial charge in [0.2, 0.25) is 5.91 Å². The average molecular weight is 293 g/mol. The summed E-state index contributed by atoms with van der Waals surface area (Å²) in [5.74, 6) is 0.866. The van der Waals surface area contributed by atoms with E-state index in [0.29, 0.717) is 32.7 Å².